The second-order valence-corrected chi connectivity index (χ2v) is 5.13. The number of aromatic nitrogens is 4. The molecule has 0 aliphatic rings. The van der Waals surface area contributed by atoms with Gasteiger partial charge in [0.05, 0.1) is 6.26 Å². The predicted octanol–water partition coefficient (Wildman–Crippen LogP) is 2.42. The number of carbonyl (C=O) groups excluding carboxylic acids is 1. The topological polar surface area (TPSA) is 112 Å². The van der Waals surface area contributed by atoms with Crippen molar-refractivity contribution in [3.8, 4) is 11.5 Å². The minimum absolute atomic E-state index is 0.0597. The van der Waals surface area contributed by atoms with Gasteiger partial charge in [0.25, 0.3) is 0 Å². The molecular formula is C15H18N6O2. The highest BCUT2D eigenvalue weighted by atomic mass is 16.3. The summed E-state index contributed by atoms with van der Waals surface area (Å²) in [6, 6.07) is 3.22. The standard InChI is InChI=1S/C15H18N6O2/c1-2-3-4-7-17-15(22)21-9-18-12-11(10-6-5-8-23-10)19-14(16)20-13(12)21/h5-6,8-9H,2-4,7H2,1H3,(H,17,22)(H2,16,19,20). The summed E-state index contributed by atoms with van der Waals surface area (Å²) in [6.07, 6.45) is 6.06. The number of nitrogen functional groups attached to an aromatic ring is 1. The molecule has 3 aromatic heterocycles. The van der Waals surface area contributed by atoms with Crippen LogP contribution in [0.1, 0.15) is 26.2 Å². The molecule has 0 bridgehead atoms. The number of imidazole rings is 1. The van der Waals surface area contributed by atoms with E-state index in [2.05, 4.69) is 27.2 Å². The van der Waals surface area contributed by atoms with Crippen molar-refractivity contribution in [2.24, 2.45) is 0 Å². The lowest BCUT2D eigenvalue weighted by Gasteiger charge is -2.06. The van der Waals surface area contributed by atoms with E-state index in [0.29, 0.717) is 29.2 Å². The lowest BCUT2D eigenvalue weighted by molar-refractivity contribution is 0.243. The molecule has 0 saturated carbocycles. The van der Waals surface area contributed by atoms with Gasteiger partial charge in [0.2, 0.25) is 5.95 Å². The van der Waals surface area contributed by atoms with Crippen molar-refractivity contribution in [2.75, 3.05) is 12.3 Å². The van der Waals surface area contributed by atoms with Gasteiger partial charge in [-0.2, -0.15) is 4.98 Å². The fourth-order valence-electron chi connectivity index (χ4n) is 2.31. The Balaban J connectivity index is 1.93. The Bertz CT molecular complexity index is 809. The first-order valence-electron chi connectivity index (χ1n) is 7.53. The van der Waals surface area contributed by atoms with Crippen molar-refractivity contribution in [3.05, 3.63) is 24.7 Å². The summed E-state index contributed by atoms with van der Waals surface area (Å²) in [4.78, 5) is 24.8. The second-order valence-electron chi connectivity index (χ2n) is 5.13. The van der Waals surface area contributed by atoms with Crippen LogP contribution >= 0.6 is 0 Å². The summed E-state index contributed by atoms with van der Waals surface area (Å²) < 4.78 is 6.69. The number of hydrogen-bond acceptors (Lipinski definition) is 6. The van der Waals surface area contributed by atoms with Crippen molar-refractivity contribution < 1.29 is 9.21 Å². The van der Waals surface area contributed by atoms with Gasteiger partial charge in [0.1, 0.15) is 17.5 Å². The number of rotatable bonds is 5. The Hall–Kier alpha value is -2.90. The number of furan rings is 1. The second kappa shape index (κ2) is 6.47. The van der Waals surface area contributed by atoms with Crippen molar-refractivity contribution in [1.29, 1.82) is 0 Å². The molecule has 0 aromatic carbocycles. The molecule has 1 amide bonds. The number of nitrogens with two attached hydrogens (primary N) is 1. The Morgan fingerprint density at radius 2 is 2.26 bits per heavy atom. The number of nitrogens with one attached hydrogen (secondary N) is 1. The third-order valence-electron chi connectivity index (χ3n) is 3.44. The molecule has 0 saturated heterocycles. The van der Waals surface area contributed by atoms with E-state index in [1.165, 1.54) is 17.2 Å². The van der Waals surface area contributed by atoms with Crippen LogP contribution in [0.3, 0.4) is 0 Å². The molecule has 0 unspecified atom stereocenters. The molecule has 0 spiro atoms. The van der Waals surface area contributed by atoms with Crippen molar-refractivity contribution >= 4 is 23.1 Å². The summed E-state index contributed by atoms with van der Waals surface area (Å²) in [5.74, 6) is 0.585. The van der Waals surface area contributed by atoms with Crippen LogP contribution in [0.15, 0.2) is 29.1 Å². The van der Waals surface area contributed by atoms with Crippen LogP contribution in [-0.4, -0.2) is 32.1 Å². The third-order valence-corrected chi connectivity index (χ3v) is 3.44. The van der Waals surface area contributed by atoms with Gasteiger partial charge in [-0.05, 0) is 18.6 Å². The van der Waals surface area contributed by atoms with Crippen molar-refractivity contribution in [1.82, 2.24) is 24.8 Å². The number of unbranched alkanes of at least 4 members (excludes halogenated alkanes) is 2. The summed E-state index contributed by atoms with van der Waals surface area (Å²) in [6.45, 7) is 2.72. The summed E-state index contributed by atoms with van der Waals surface area (Å²) in [5, 5.41) is 2.85. The van der Waals surface area contributed by atoms with E-state index in [1.807, 2.05) is 0 Å². The minimum atomic E-state index is -0.285. The van der Waals surface area contributed by atoms with E-state index < -0.39 is 0 Å². The molecule has 3 N–H and O–H groups in total. The zero-order valence-electron chi connectivity index (χ0n) is 12.8. The van der Waals surface area contributed by atoms with Crippen LogP contribution in [0.4, 0.5) is 10.7 Å². The predicted molar refractivity (Wildman–Crippen MR) is 85.8 cm³/mol. The number of nitrogens with zero attached hydrogens (tertiary/aromatic N) is 4. The van der Waals surface area contributed by atoms with Crippen LogP contribution in [0.25, 0.3) is 22.6 Å². The van der Waals surface area contributed by atoms with Crippen LogP contribution in [0, 0.1) is 0 Å². The molecule has 3 heterocycles. The summed E-state index contributed by atoms with van der Waals surface area (Å²) in [5.41, 5.74) is 7.06. The zero-order valence-corrected chi connectivity index (χ0v) is 12.8. The quantitative estimate of drug-likeness (QED) is 0.699. The van der Waals surface area contributed by atoms with E-state index in [9.17, 15) is 4.79 Å². The first-order chi connectivity index (χ1) is 11.2. The first-order valence-corrected chi connectivity index (χ1v) is 7.53. The molecular weight excluding hydrogens is 296 g/mol. The molecule has 120 valence electrons. The highest BCUT2D eigenvalue weighted by molar-refractivity contribution is 5.93. The van der Waals surface area contributed by atoms with E-state index in [-0.39, 0.29) is 12.0 Å². The summed E-state index contributed by atoms with van der Waals surface area (Å²) in [7, 11) is 0. The molecule has 0 atom stereocenters. The monoisotopic (exact) mass is 314 g/mol. The molecule has 3 aromatic rings. The highest BCUT2D eigenvalue weighted by Crippen LogP contribution is 2.25. The largest absolute Gasteiger partial charge is 0.463 e. The molecule has 3 rings (SSSR count). The van der Waals surface area contributed by atoms with E-state index in [4.69, 9.17) is 10.2 Å². The lowest BCUT2D eigenvalue weighted by Crippen LogP contribution is -2.29. The molecule has 0 radical (unpaired) electrons. The highest BCUT2D eigenvalue weighted by Gasteiger charge is 2.18. The van der Waals surface area contributed by atoms with Gasteiger partial charge in [0.15, 0.2) is 11.4 Å². The fraction of sp³-hybridized carbons (Fsp3) is 0.333. The first kappa shape index (κ1) is 15.0. The maximum atomic E-state index is 12.3. The maximum absolute atomic E-state index is 12.3. The average Bonchev–Trinajstić information content (AvgIpc) is 3.19. The van der Waals surface area contributed by atoms with Gasteiger partial charge >= 0.3 is 6.03 Å². The van der Waals surface area contributed by atoms with Gasteiger partial charge in [-0.3, -0.25) is 0 Å². The normalized spacial score (nSPS) is 11.0. The van der Waals surface area contributed by atoms with Crippen molar-refractivity contribution in [3.63, 3.8) is 0 Å². The van der Waals surface area contributed by atoms with Gasteiger partial charge in [-0.15, -0.1) is 0 Å². The Labute approximate surface area is 132 Å². The Morgan fingerprint density at radius 3 is 3.00 bits per heavy atom. The smallest absolute Gasteiger partial charge is 0.328 e. The van der Waals surface area contributed by atoms with Gasteiger partial charge in [0, 0.05) is 6.54 Å². The van der Waals surface area contributed by atoms with Crippen LogP contribution in [0.2, 0.25) is 0 Å². The SMILES string of the molecule is CCCCCNC(=O)n1cnc2c(-c3ccco3)nc(N)nc21. The summed E-state index contributed by atoms with van der Waals surface area (Å²) >= 11 is 0. The molecule has 8 heteroatoms. The Kier molecular flexibility index (Phi) is 4.22. The molecule has 0 aliphatic heterocycles. The molecule has 23 heavy (non-hydrogen) atoms. The number of amides is 1. The molecule has 0 aliphatic carbocycles. The number of anilines is 1. The molecule has 8 nitrogen and oxygen atoms in total. The fourth-order valence-corrected chi connectivity index (χ4v) is 2.31. The number of carbonyl (C=O) groups is 1. The van der Waals surface area contributed by atoms with Gasteiger partial charge in [-0.25, -0.2) is 19.3 Å². The zero-order chi connectivity index (χ0) is 16.2. The minimum Gasteiger partial charge on any atom is -0.463 e. The number of fused-ring (bicyclic) bond motifs is 1. The van der Waals surface area contributed by atoms with Crippen molar-refractivity contribution in [2.45, 2.75) is 26.2 Å². The van der Waals surface area contributed by atoms with E-state index in [0.717, 1.165) is 19.3 Å². The van der Waals surface area contributed by atoms with Crippen LogP contribution < -0.4 is 11.1 Å². The maximum Gasteiger partial charge on any atom is 0.328 e. The average molecular weight is 314 g/mol. The Morgan fingerprint density at radius 1 is 1.39 bits per heavy atom. The van der Waals surface area contributed by atoms with Crippen LogP contribution in [0.5, 0.6) is 0 Å². The van der Waals surface area contributed by atoms with Crippen LogP contribution in [-0.2, 0) is 0 Å². The van der Waals surface area contributed by atoms with E-state index in [1.54, 1.807) is 12.1 Å². The van der Waals surface area contributed by atoms with E-state index >= 15 is 0 Å². The third kappa shape index (κ3) is 3.01. The number of hydrogen-bond donors (Lipinski definition) is 2. The van der Waals surface area contributed by atoms with Gasteiger partial charge < -0.3 is 15.5 Å². The molecule has 0 fully saturated rings. The lowest BCUT2D eigenvalue weighted by atomic mass is 10.2. The van der Waals surface area contributed by atoms with Gasteiger partial charge in [-0.1, -0.05) is 19.8 Å².